The van der Waals surface area contributed by atoms with Gasteiger partial charge in [0.1, 0.15) is 0 Å². The van der Waals surface area contributed by atoms with Crippen molar-refractivity contribution in [3.63, 3.8) is 0 Å². The number of sulfone groups is 1. The van der Waals surface area contributed by atoms with Crippen LogP contribution in [0.5, 0.6) is 0 Å². The Balaban J connectivity index is 2.43. The molecule has 0 aliphatic carbocycles. The number of hydrogen-bond acceptors (Lipinski definition) is 4. The summed E-state index contributed by atoms with van der Waals surface area (Å²) in [6.45, 7) is 3.72. The molecule has 8 heteroatoms. The minimum atomic E-state index is -3.71. The lowest BCUT2D eigenvalue weighted by Gasteiger charge is -2.32. The quantitative estimate of drug-likeness (QED) is 0.748. The van der Waals surface area contributed by atoms with E-state index in [1.54, 1.807) is 12.1 Å². The number of benzene rings is 1. The second-order valence-corrected chi connectivity index (χ2v) is 10.6. The SMILES string of the molecule is CC[C@H](C)N([C@@H]1CCS(=O)(=O)C1)S(=O)(=O)c1ccc(Br)cc1. The summed E-state index contributed by atoms with van der Waals surface area (Å²) in [5, 5.41) is 0. The molecule has 0 radical (unpaired) electrons. The van der Waals surface area contributed by atoms with Gasteiger partial charge in [0.05, 0.1) is 16.4 Å². The molecule has 124 valence electrons. The number of sulfonamides is 1. The number of rotatable bonds is 5. The molecule has 1 aliphatic heterocycles. The molecule has 2 rings (SSSR count). The third kappa shape index (κ3) is 3.72. The first kappa shape index (κ1) is 17.9. The molecule has 0 spiro atoms. The van der Waals surface area contributed by atoms with Crippen molar-refractivity contribution in [2.24, 2.45) is 0 Å². The highest BCUT2D eigenvalue weighted by Crippen LogP contribution is 2.28. The Bertz CT molecular complexity index is 729. The van der Waals surface area contributed by atoms with E-state index in [1.807, 2.05) is 13.8 Å². The van der Waals surface area contributed by atoms with Crippen LogP contribution in [0.3, 0.4) is 0 Å². The monoisotopic (exact) mass is 409 g/mol. The molecular formula is C14H20BrNO4S2. The van der Waals surface area contributed by atoms with E-state index in [9.17, 15) is 16.8 Å². The number of nitrogens with zero attached hydrogens (tertiary/aromatic N) is 1. The van der Waals surface area contributed by atoms with Gasteiger partial charge in [0.15, 0.2) is 9.84 Å². The fraction of sp³-hybridized carbons (Fsp3) is 0.571. The van der Waals surface area contributed by atoms with Crippen molar-refractivity contribution >= 4 is 35.8 Å². The molecule has 0 N–H and O–H groups in total. The molecule has 0 saturated carbocycles. The van der Waals surface area contributed by atoms with Crippen molar-refractivity contribution in [3.05, 3.63) is 28.7 Å². The molecule has 5 nitrogen and oxygen atoms in total. The summed E-state index contributed by atoms with van der Waals surface area (Å²) in [5.74, 6) is -0.0342. The van der Waals surface area contributed by atoms with Crippen molar-refractivity contribution in [1.29, 1.82) is 0 Å². The minimum absolute atomic E-state index is 0.0560. The third-order valence-electron chi connectivity index (χ3n) is 3.98. The van der Waals surface area contributed by atoms with E-state index >= 15 is 0 Å². The lowest BCUT2D eigenvalue weighted by atomic mass is 10.2. The Morgan fingerprint density at radius 3 is 2.36 bits per heavy atom. The van der Waals surface area contributed by atoms with Gasteiger partial charge in [-0.25, -0.2) is 16.8 Å². The molecule has 2 atom stereocenters. The first-order valence-corrected chi connectivity index (χ1v) is 11.2. The summed E-state index contributed by atoms with van der Waals surface area (Å²) in [7, 11) is -6.86. The summed E-state index contributed by atoms with van der Waals surface area (Å²) in [5.41, 5.74) is 0. The van der Waals surface area contributed by atoms with Crippen LogP contribution in [0.25, 0.3) is 0 Å². The maximum atomic E-state index is 13.0. The van der Waals surface area contributed by atoms with Gasteiger partial charge in [-0.1, -0.05) is 22.9 Å². The summed E-state index contributed by atoms with van der Waals surface area (Å²) in [6.07, 6.45) is 0.995. The molecule has 1 aromatic rings. The van der Waals surface area contributed by atoms with Crippen LogP contribution < -0.4 is 0 Å². The molecular weight excluding hydrogens is 390 g/mol. The summed E-state index contributed by atoms with van der Waals surface area (Å²) < 4.78 is 51.6. The van der Waals surface area contributed by atoms with Crippen LogP contribution in [0, 0.1) is 0 Å². The van der Waals surface area contributed by atoms with Crippen LogP contribution in [0.4, 0.5) is 0 Å². The second kappa shape index (κ2) is 6.59. The minimum Gasteiger partial charge on any atom is -0.229 e. The lowest BCUT2D eigenvalue weighted by molar-refractivity contribution is 0.271. The average Bonchev–Trinajstić information content (AvgIpc) is 2.78. The van der Waals surface area contributed by atoms with Gasteiger partial charge in [0.25, 0.3) is 0 Å². The highest BCUT2D eigenvalue weighted by atomic mass is 79.9. The largest absolute Gasteiger partial charge is 0.243 e. The van der Waals surface area contributed by atoms with E-state index < -0.39 is 25.9 Å². The molecule has 22 heavy (non-hydrogen) atoms. The van der Waals surface area contributed by atoms with Gasteiger partial charge in [-0.2, -0.15) is 4.31 Å². The van der Waals surface area contributed by atoms with Gasteiger partial charge in [0, 0.05) is 16.6 Å². The summed E-state index contributed by atoms with van der Waals surface area (Å²) in [6, 6.07) is 5.71. The number of hydrogen-bond donors (Lipinski definition) is 0. The molecule has 0 unspecified atom stereocenters. The van der Waals surface area contributed by atoms with Gasteiger partial charge in [-0.3, -0.25) is 0 Å². The van der Waals surface area contributed by atoms with Crippen LogP contribution in [0.2, 0.25) is 0 Å². The third-order valence-corrected chi connectivity index (χ3v) is 8.34. The molecule has 0 bridgehead atoms. The maximum Gasteiger partial charge on any atom is 0.243 e. The number of halogens is 1. The van der Waals surface area contributed by atoms with Gasteiger partial charge in [-0.05, 0) is 44.0 Å². The van der Waals surface area contributed by atoms with Gasteiger partial charge >= 0.3 is 0 Å². The fourth-order valence-electron chi connectivity index (χ4n) is 2.68. The van der Waals surface area contributed by atoms with E-state index in [4.69, 9.17) is 0 Å². The smallest absolute Gasteiger partial charge is 0.229 e. The standard InChI is InChI=1S/C14H20BrNO4S2/c1-3-11(2)16(13-8-9-21(17,18)10-13)22(19,20)14-6-4-12(15)5-7-14/h4-7,11,13H,3,8-10H2,1-2H3/t11-,13+/m0/s1. The zero-order valence-electron chi connectivity index (χ0n) is 12.6. The van der Waals surface area contributed by atoms with Crippen LogP contribution >= 0.6 is 15.9 Å². The zero-order valence-corrected chi connectivity index (χ0v) is 15.8. The molecule has 0 aromatic heterocycles. The molecule has 1 fully saturated rings. The van der Waals surface area contributed by atoms with Crippen molar-refractivity contribution in [2.45, 2.75) is 43.7 Å². The van der Waals surface area contributed by atoms with Crippen LogP contribution in [0.1, 0.15) is 26.7 Å². The van der Waals surface area contributed by atoms with E-state index in [0.29, 0.717) is 12.8 Å². The summed E-state index contributed by atoms with van der Waals surface area (Å²) >= 11 is 3.29. The predicted octanol–water partition coefficient (Wildman–Crippen LogP) is 2.43. The molecule has 1 aromatic carbocycles. The van der Waals surface area contributed by atoms with E-state index in [-0.39, 0.29) is 22.4 Å². The van der Waals surface area contributed by atoms with Gasteiger partial charge < -0.3 is 0 Å². The normalized spacial score (nSPS) is 22.8. The topological polar surface area (TPSA) is 71.5 Å². The first-order valence-electron chi connectivity index (χ1n) is 7.17. The molecule has 0 amide bonds. The Labute approximate surface area is 140 Å². The van der Waals surface area contributed by atoms with Crippen molar-refractivity contribution < 1.29 is 16.8 Å². The van der Waals surface area contributed by atoms with Crippen molar-refractivity contribution in [2.75, 3.05) is 11.5 Å². The van der Waals surface area contributed by atoms with Gasteiger partial charge in [-0.15, -0.1) is 0 Å². The average molecular weight is 410 g/mol. The zero-order chi connectivity index (χ0) is 16.5. The van der Waals surface area contributed by atoms with Crippen LogP contribution in [-0.2, 0) is 19.9 Å². The van der Waals surface area contributed by atoms with Crippen molar-refractivity contribution in [3.8, 4) is 0 Å². The Kier molecular flexibility index (Phi) is 5.36. The van der Waals surface area contributed by atoms with Crippen LogP contribution in [-0.4, -0.2) is 44.7 Å². The Morgan fingerprint density at radius 2 is 1.91 bits per heavy atom. The Hall–Kier alpha value is -0.440. The highest BCUT2D eigenvalue weighted by molar-refractivity contribution is 9.10. The van der Waals surface area contributed by atoms with E-state index in [2.05, 4.69) is 15.9 Å². The fourth-order valence-corrected chi connectivity index (χ4v) is 6.67. The molecule has 1 saturated heterocycles. The molecule has 1 aliphatic rings. The predicted molar refractivity (Wildman–Crippen MR) is 90.0 cm³/mol. The second-order valence-electron chi connectivity index (χ2n) is 5.60. The molecule has 1 heterocycles. The van der Waals surface area contributed by atoms with E-state index in [1.165, 1.54) is 16.4 Å². The summed E-state index contributed by atoms with van der Waals surface area (Å²) in [4.78, 5) is 0.195. The van der Waals surface area contributed by atoms with E-state index in [0.717, 1.165) is 4.47 Å². The van der Waals surface area contributed by atoms with Crippen LogP contribution in [0.15, 0.2) is 33.6 Å². The highest BCUT2D eigenvalue weighted by Gasteiger charge is 2.40. The van der Waals surface area contributed by atoms with Gasteiger partial charge in [0.2, 0.25) is 10.0 Å². The first-order chi connectivity index (χ1) is 10.2. The maximum absolute atomic E-state index is 13.0. The Morgan fingerprint density at radius 1 is 1.32 bits per heavy atom. The van der Waals surface area contributed by atoms with Crippen molar-refractivity contribution in [1.82, 2.24) is 4.31 Å². The lowest BCUT2D eigenvalue weighted by Crippen LogP contribution is -2.46.